The van der Waals surface area contributed by atoms with Crippen molar-refractivity contribution in [3.05, 3.63) is 47.8 Å². The van der Waals surface area contributed by atoms with Gasteiger partial charge in [0.1, 0.15) is 12.1 Å². The second-order valence-corrected chi connectivity index (χ2v) is 6.89. The zero-order chi connectivity index (χ0) is 18.1. The number of nitrogens with zero attached hydrogens (tertiary/aromatic N) is 4. The van der Waals surface area contributed by atoms with Gasteiger partial charge in [0.2, 0.25) is 11.8 Å². The lowest BCUT2D eigenvalue weighted by Gasteiger charge is -2.45. The molecule has 2 aliphatic rings. The highest BCUT2D eigenvalue weighted by Crippen LogP contribution is 2.19. The molecular formula is C18H22N6O2. The number of pyridine rings is 1. The topological polar surface area (TPSA) is 94.2 Å². The minimum atomic E-state index is -0.524. The predicted molar refractivity (Wildman–Crippen MR) is 94.0 cm³/mol. The Bertz CT molecular complexity index is 806. The molecule has 2 aromatic rings. The maximum Gasteiger partial charge on any atom is 0.246 e. The molecule has 0 unspecified atom stereocenters. The first-order chi connectivity index (χ1) is 12.6. The van der Waals surface area contributed by atoms with Crippen molar-refractivity contribution in [3.63, 3.8) is 0 Å². The smallest absolute Gasteiger partial charge is 0.246 e. The number of piperazine rings is 2. The maximum absolute atomic E-state index is 12.8. The first-order valence-electron chi connectivity index (χ1n) is 8.83. The quantitative estimate of drug-likeness (QED) is 0.798. The van der Waals surface area contributed by atoms with Crippen molar-refractivity contribution in [1.82, 2.24) is 30.1 Å². The SMILES string of the molecule is Cc1cccc(CN2CCN3C(=O)[C@H](Cc4cnc[nH]4)NC(=O)[C@H]3C2)n1. The summed E-state index contributed by atoms with van der Waals surface area (Å²) < 4.78 is 0. The van der Waals surface area contributed by atoms with Crippen molar-refractivity contribution in [1.29, 1.82) is 0 Å². The van der Waals surface area contributed by atoms with E-state index >= 15 is 0 Å². The second kappa shape index (κ2) is 6.87. The van der Waals surface area contributed by atoms with Gasteiger partial charge in [0.05, 0.1) is 12.0 Å². The summed E-state index contributed by atoms with van der Waals surface area (Å²) in [5, 5.41) is 2.88. The van der Waals surface area contributed by atoms with E-state index in [4.69, 9.17) is 0 Å². The molecule has 26 heavy (non-hydrogen) atoms. The van der Waals surface area contributed by atoms with Crippen molar-refractivity contribution < 1.29 is 9.59 Å². The Morgan fingerprint density at radius 1 is 1.27 bits per heavy atom. The van der Waals surface area contributed by atoms with Crippen molar-refractivity contribution in [2.75, 3.05) is 19.6 Å². The molecule has 2 aliphatic heterocycles. The van der Waals surface area contributed by atoms with Gasteiger partial charge < -0.3 is 15.2 Å². The Hall–Kier alpha value is -2.74. The molecule has 2 atom stereocenters. The highest BCUT2D eigenvalue weighted by atomic mass is 16.2. The third kappa shape index (κ3) is 3.32. The number of carbonyl (C=O) groups is 2. The Morgan fingerprint density at radius 3 is 2.92 bits per heavy atom. The van der Waals surface area contributed by atoms with E-state index in [0.717, 1.165) is 23.6 Å². The number of imidazole rings is 1. The van der Waals surface area contributed by atoms with Crippen LogP contribution < -0.4 is 5.32 Å². The molecule has 2 aromatic heterocycles. The average molecular weight is 354 g/mol. The van der Waals surface area contributed by atoms with Gasteiger partial charge in [-0.2, -0.15) is 0 Å². The minimum absolute atomic E-state index is 0.0162. The van der Waals surface area contributed by atoms with E-state index in [1.54, 1.807) is 17.4 Å². The molecule has 2 amide bonds. The number of hydrogen-bond donors (Lipinski definition) is 2. The summed E-state index contributed by atoms with van der Waals surface area (Å²) in [7, 11) is 0. The summed E-state index contributed by atoms with van der Waals surface area (Å²) in [5.74, 6) is -0.103. The second-order valence-electron chi connectivity index (χ2n) is 6.89. The molecule has 0 bridgehead atoms. The van der Waals surface area contributed by atoms with Crippen LogP contribution in [0.5, 0.6) is 0 Å². The molecule has 4 rings (SSSR count). The monoisotopic (exact) mass is 354 g/mol. The van der Waals surface area contributed by atoms with Crippen molar-refractivity contribution in [2.24, 2.45) is 0 Å². The van der Waals surface area contributed by atoms with Gasteiger partial charge in [-0.3, -0.25) is 19.5 Å². The summed E-state index contributed by atoms with van der Waals surface area (Å²) >= 11 is 0. The van der Waals surface area contributed by atoms with E-state index in [-0.39, 0.29) is 11.8 Å². The van der Waals surface area contributed by atoms with Crippen LogP contribution in [0.4, 0.5) is 0 Å². The van der Waals surface area contributed by atoms with Crippen LogP contribution in [-0.4, -0.2) is 68.3 Å². The van der Waals surface area contributed by atoms with Crippen molar-refractivity contribution in [3.8, 4) is 0 Å². The number of carbonyl (C=O) groups excluding carboxylic acids is 2. The fraction of sp³-hybridized carbons (Fsp3) is 0.444. The lowest BCUT2D eigenvalue weighted by atomic mass is 10.0. The van der Waals surface area contributed by atoms with Gasteiger partial charge in [-0.1, -0.05) is 6.07 Å². The first kappa shape index (κ1) is 16.7. The number of hydrogen-bond acceptors (Lipinski definition) is 5. The summed E-state index contributed by atoms with van der Waals surface area (Å²) in [5.41, 5.74) is 2.80. The van der Waals surface area contributed by atoms with Crippen LogP contribution in [0.1, 0.15) is 17.1 Å². The molecule has 0 aromatic carbocycles. The fourth-order valence-corrected chi connectivity index (χ4v) is 3.67. The molecule has 136 valence electrons. The van der Waals surface area contributed by atoms with Crippen molar-refractivity contribution in [2.45, 2.75) is 32.0 Å². The normalized spacial score (nSPS) is 23.7. The van der Waals surface area contributed by atoms with Crippen LogP contribution in [0.2, 0.25) is 0 Å². The number of fused-ring (bicyclic) bond motifs is 1. The number of aryl methyl sites for hydroxylation is 1. The maximum atomic E-state index is 12.8. The number of H-pyrrole nitrogens is 1. The van der Waals surface area contributed by atoms with E-state index in [0.29, 0.717) is 26.1 Å². The van der Waals surface area contributed by atoms with Crippen LogP contribution in [0.25, 0.3) is 0 Å². The van der Waals surface area contributed by atoms with E-state index < -0.39 is 12.1 Å². The Balaban J connectivity index is 1.42. The van der Waals surface area contributed by atoms with E-state index in [9.17, 15) is 9.59 Å². The van der Waals surface area contributed by atoms with Gasteiger partial charge in [0.15, 0.2) is 0 Å². The van der Waals surface area contributed by atoms with Gasteiger partial charge in [0.25, 0.3) is 0 Å². The molecule has 4 heterocycles. The van der Waals surface area contributed by atoms with Crippen LogP contribution >= 0.6 is 0 Å². The average Bonchev–Trinajstić information content (AvgIpc) is 3.13. The predicted octanol–water partition coefficient (Wildman–Crippen LogP) is -0.133. The summed E-state index contributed by atoms with van der Waals surface area (Å²) in [6.45, 7) is 4.48. The zero-order valence-corrected chi connectivity index (χ0v) is 14.7. The number of aromatic amines is 1. The van der Waals surface area contributed by atoms with Crippen LogP contribution in [0.3, 0.4) is 0 Å². The summed E-state index contributed by atoms with van der Waals surface area (Å²) in [4.78, 5) is 40.8. The Labute approximate surface area is 151 Å². The Kier molecular flexibility index (Phi) is 4.42. The van der Waals surface area contributed by atoms with Crippen molar-refractivity contribution >= 4 is 11.8 Å². The van der Waals surface area contributed by atoms with E-state index in [1.165, 1.54) is 0 Å². The molecule has 0 saturated carbocycles. The molecule has 8 nitrogen and oxygen atoms in total. The van der Waals surface area contributed by atoms with Crippen LogP contribution in [-0.2, 0) is 22.6 Å². The van der Waals surface area contributed by atoms with Gasteiger partial charge in [0, 0.05) is 50.2 Å². The molecule has 2 fully saturated rings. The molecule has 0 spiro atoms. The summed E-state index contributed by atoms with van der Waals surface area (Å²) in [6, 6.07) is 4.99. The molecule has 2 saturated heterocycles. The van der Waals surface area contributed by atoms with Gasteiger partial charge in [-0.25, -0.2) is 4.98 Å². The lowest BCUT2D eigenvalue weighted by Crippen LogP contribution is -2.69. The van der Waals surface area contributed by atoms with Crippen LogP contribution in [0.15, 0.2) is 30.7 Å². The minimum Gasteiger partial charge on any atom is -0.348 e. The van der Waals surface area contributed by atoms with E-state index in [1.807, 2.05) is 25.1 Å². The lowest BCUT2D eigenvalue weighted by molar-refractivity contribution is -0.153. The highest BCUT2D eigenvalue weighted by Gasteiger charge is 2.43. The third-order valence-electron chi connectivity index (χ3n) is 4.98. The van der Waals surface area contributed by atoms with Gasteiger partial charge in [-0.05, 0) is 19.1 Å². The number of nitrogens with one attached hydrogen (secondary N) is 2. The first-order valence-corrected chi connectivity index (χ1v) is 8.83. The van der Waals surface area contributed by atoms with Gasteiger partial charge in [-0.15, -0.1) is 0 Å². The van der Waals surface area contributed by atoms with Gasteiger partial charge >= 0.3 is 0 Å². The largest absolute Gasteiger partial charge is 0.348 e. The molecule has 2 N–H and O–H groups in total. The Morgan fingerprint density at radius 2 is 2.15 bits per heavy atom. The number of amides is 2. The molecule has 0 aliphatic carbocycles. The number of rotatable bonds is 4. The standard InChI is InChI=1S/C18H22N6O2/c1-12-3-2-4-13(21-12)9-23-5-6-24-16(10-23)17(25)22-15(18(24)26)7-14-8-19-11-20-14/h2-4,8,11,15-16H,5-7,9-10H2,1H3,(H,19,20)(H,22,25)/t15-,16+/m0/s1. The zero-order valence-electron chi connectivity index (χ0n) is 14.7. The molecule has 0 radical (unpaired) electrons. The fourth-order valence-electron chi connectivity index (χ4n) is 3.67. The number of aromatic nitrogens is 3. The highest BCUT2D eigenvalue weighted by molar-refractivity contribution is 5.97. The molecular weight excluding hydrogens is 332 g/mol. The molecule has 8 heteroatoms. The third-order valence-corrected chi connectivity index (χ3v) is 4.98. The van der Waals surface area contributed by atoms with Crippen LogP contribution in [0, 0.1) is 6.92 Å². The summed E-state index contributed by atoms with van der Waals surface area (Å²) in [6.07, 6.45) is 3.69. The van der Waals surface area contributed by atoms with E-state index in [2.05, 4.69) is 25.2 Å².